The average Bonchev–Trinajstić information content (AvgIpc) is 2.88. The number of nitro groups is 1. The van der Waals surface area contributed by atoms with Crippen molar-refractivity contribution >= 4 is 11.8 Å². The van der Waals surface area contributed by atoms with Crippen LogP contribution in [0.25, 0.3) is 0 Å². The van der Waals surface area contributed by atoms with E-state index in [1.165, 1.54) is 11.8 Å². The van der Waals surface area contributed by atoms with E-state index in [1.54, 1.807) is 0 Å². The second-order valence-electron chi connectivity index (χ2n) is 6.01. The maximum Gasteiger partial charge on any atom is 0.264 e. The molecule has 0 amide bonds. The fourth-order valence-electron chi connectivity index (χ4n) is 2.82. The van der Waals surface area contributed by atoms with Crippen molar-refractivity contribution in [3.8, 4) is 0 Å². The summed E-state index contributed by atoms with van der Waals surface area (Å²) in [5, 5.41) is 11.4. The molecule has 128 valence electrons. The predicted molar refractivity (Wildman–Crippen MR) is 91.5 cm³/mol. The molecule has 1 heterocycles. The minimum Gasteiger partial charge on any atom is -0.378 e. The quantitative estimate of drug-likeness (QED) is 0.478. The lowest BCUT2D eigenvalue weighted by Crippen LogP contribution is -2.41. The lowest BCUT2D eigenvalue weighted by atomic mass is 10.1. The third-order valence-corrected chi connectivity index (χ3v) is 5.01. The Bertz CT molecular complexity index is 392. The minimum absolute atomic E-state index is 0.221. The molecule has 0 aromatic carbocycles. The van der Waals surface area contributed by atoms with Crippen molar-refractivity contribution in [2.75, 3.05) is 39.5 Å². The second-order valence-corrected chi connectivity index (χ2v) is 6.84. The van der Waals surface area contributed by atoms with Gasteiger partial charge < -0.3 is 14.5 Å². The lowest BCUT2D eigenvalue weighted by molar-refractivity contribution is -0.403. The van der Waals surface area contributed by atoms with Crippen LogP contribution in [-0.2, 0) is 4.74 Å². The first kappa shape index (κ1) is 19.3. The van der Waals surface area contributed by atoms with E-state index in [1.807, 2.05) is 18.2 Å². The third-order valence-electron chi connectivity index (χ3n) is 4.20. The molecule has 1 aliphatic heterocycles. The zero-order valence-corrected chi connectivity index (χ0v) is 15.1. The molecule has 1 saturated heterocycles. The molecule has 1 rings (SSSR count). The monoisotopic (exact) mass is 331 g/mol. The van der Waals surface area contributed by atoms with Crippen molar-refractivity contribution in [1.29, 1.82) is 0 Å². The van der Waals surface area contributed by atoms with Crippen molar-refractivity contribution in [2.45, 2.75) is 39.3 Å². The van der Waals surface area contributed by atoms with Gasteiger partial charge in [-0.05, 0) is 39.0 Å². The van der Waals surface area contributed by atoms with Gasteiger partial charge in [0.15, 0.2) is 0 Å². The van der Waals surface area contributed by atoms with E-state index in [-0.39, 0.29) is 11.0 Å². The average molecular weight is 331 g/mol. The molecule has 1 aliphatic rings. The van der Waals surface area contributed by atoms with Crippen molar-refractivity contribution in [2.24, 2.45) is 5.92 Å². The van der Waals surface area contributed by atoms with Gasteiger partial charge in [-0.2, -0.15) is 0 Å². The van der Waals surface area contributed by atoms with E-state index < -0.39 is 0 Å². The molecule has 7 heteroatoms. The molecule has 1 fully saturated rings. The van der Waals surface area contributed by atoms with Gasteiger partial charge in [-0.3, -0.25) is 10.1 Å². The van der Waals surface area contributed by atoms with Gasteiger partial charge in [0, 0.05) is 26.2 Å². The number of rotatable bonds is 9. The zero-order valence-electron chi connectivity index (χ0n) is 14.3. The van der Waals surface area contributed by atoms with Crippen LogP contribution in [-0.4, -0.2) is 66.4 Å². The van der Waals surface area contributed by atoms with E-state index in [9.17, 15) is 10.1 Å². The van der Waals surface area contributed by atoms with Crippen LogP contribution in [0.4, 0.5) is 0 Å². The highest BCUT2D eigenvalue weighted by Crippen LogP contribution is 2.22. The van der Waals surface area contributed by atoms with Gasteiger partial charge in [-0.1, -0.05) is 6.92 Å². The van der Waals surface area contributed by atoms with Crippen molar-refractivity contribution in [1.82, 2.24) is 9.80 Å². The Balaban J connectivity index is 2.55. The summed E-state index contributed by atoms with van der Waals surface area (Å²) in [6.07, 6.45) is 4.45. The molecule has 3 unspecified atom stereocenters. The van der Waals surface area contributed by atoms with Crippen LogP contribution in [0.5, 0.6) is 0 Å². The van der Waals surface area contributed by atoms with Crippen molar-refractivity contribution in [3.63, 3.8) is 0 Å². The maximum absolute atomic E-state index is 10.7. The number of thioether (sulfide) groups is 1. The molecule has 0 spiro atoms. The van der Waals surface area contributed by atoms with Crippen LogP contribution in [0.2, 0.25) is 0 Å². The maximum atomic E-state index is 10.7. The summed E-state index contributed by atoms with van der Waals surface area (Å²) in [6, 6.07) is 0.221. The first-order chi connectivity index (χ1) is 10.4. The Labute approximate surface area is 138 Å². The molecular weight excluding hydrogens is 302 g/mol. The Hall–Kier alpha value is -0.790. The summed E-state index contributed by atoms with van der Waals surface area (Å²) in [5.41, 5.74) is 0. The molecular formula is C15H29N3O3S. The van der Waals surface area contributed by atoms with Crippen LogP contribution in [0.15, 0.2) is 11.2 Å². The molecule has 3 atom stereocenters. The molecule has 6 nitrogen and oxygen atoms in total. The normalized spacial score (nSPS) is 23.8. The first-order valence-corrected chi connectivity index (χ1v) is 9.05. The van der Waals surface area contributed by atoms with Crippen LogP contribution in [0, 0.1) is 16.0 Å². The lowest BCUT2D eigenvalue weighted by Gasteiger charge is -2.32. The summed E-state index contributed by atoms with van der Waals surface area (Å²) < 4.78 is 5.64. The van der Waals surface area contributed by atoms with Gasteiger partial charge in [-0.15, -0.1) is 11.8 Å². The number of ether oxygens (including phenoxy) is 1. The number of hydrogen-bond acceptors (Lipinski definition) is 6. The van der Waals surface area contributed by atoms with Crippen LogP contribution in [0.3, 0.4) is 0 Å². The van der Waals surface area contributed by atoms with Gasteiger partial charge in [0.1, 0.15) is 5.03 Å². The summed E-state index contributed by atoms with van der Waals surface area (Å²) in [4.78, 5) is 14.7. The van der Waals surface area contributed by atoms with Gasteiger partial charge in [0.2, 0.25) is 0 Å². The fourth-order valence-corrected chi connectivity index (χ4v) is 3.48. The molecule has 0 saturated carbocycles. The second kappa shape index (κ2) is 9.37. The summed E-state index contributed by atoms with van der Waals surface area (Å²) >= 11 is 1.41. The molecule has 22 heavy (non-hydrogen) atoms. The Morgan fingerprint density at radius 2 is 2.27 bits per heavy atom. The molecule has 0 aromatic heterocycles. The smallest absolute Gasteiger partial charge is 0.264 e. The Morgan fingerprint density at radius 3 is 2.73 bits per heavy atom. The standard InChI is InChI=1S/C15H29N3O3S/c1-6-17(9-14-7-13(3)21-11-14)8-12(2)16(4)15(22-5)10-18(19)20/h10,12-14H,6-9,11H2,1-5H3. The van der Waals surface area contributed by atoms with Gasteiger partial charge >= 0.3 is 0 Å². The summed E-state index contributed by atoms with van der Waals surface area (Å²) in [5.74, 6) is 0.599. The highest BCUT2D eigenvalue weighted by Gasteiger charge is 2.25. The molecule has 0 aliphatic carbocycles. The van der Waals surface area contributed by atoms with Crippen LogP contribution < -0.4 is 0 Å². The van der Waals surface area contributed by atoms with Gasteiger partial charge in [-0.25, -0.2) is 0 Å². The molecule has 0 N–H and O–H groups in total. The number of nitrogens with zero attached hydrogens (tertiary/aromatic N) is 3. The number of likely N-dealkylation sites (N-methyl/N-ethyl adjacent to an activating group) is 2. The SMILES string of the molecule is CCN(CC1COC(C)C1)CC(C)N(C)C(=C[N+](=O)[O-])SC. The molecule has 0 radical (unpaired) electrons. The zero-order chi connectivity index (χ0) is 16.7. The molecule has 0 aromatic rings. The van der Waals surface area contributed by atoms with Gasteiger partial charge in [0.05, 0.1) is 17.6 Å². The summed E-state index contributed by atoms with van der Waals surface area (Å²) in [6.45, 7) is 10.2. The number of hydrogen-bond donors (Lipinski definition) is 0. The van der Waals surface area contributed by atoms with Crippen molar-refractivity contribution in [3.05, 3.63) is 21.3 Å². The highest BCUT2D eigenvalue weighted by atomic mass is 32.2. The van der Waals surface area contributed by atoms with Crippen LogP contribution >= 0.6 is 11.8 Å². The topological polar surface area (TPSA) is 58.8 Å². The predicted octanol–water partition coefficient (Wildman–Crippen LogP) is 2.49. The Morgan fingerprint density at radius 1 is 1.59 bits per heavy atom. The first-order valence-electron chi connectivity index (χ1n) is 7.83. The van der Waals surface area contributed by atoms with E-state index in [4.69, 9.17) is 4.74 Å². The van der Waals surface area contributed by atoms with E-state index in [2.05, 4.69) is 25.7 Å². The van der Waals surface area contributed by atoms with E-state index in [0.29, 0.717) is 17.1 Å². The Kier molecular flexibility index (Phi) is 8.20. The highest BCUT2D eigenvalue weighted by molar-refractivity contribution is 8.02. The molecule has 0 bridgehead atoms. The fraction of sp³-hybridized carbons (Fsp3) is 0.867. The largest absolute Gasteiger partial charge is 0.378 e. The van der Waals surface area contributed by atoms with E-state index >= 15 is 0 Å². The minimum atomic E-state index is -0.385. The van der Waals surface area contributed by atoms with E-state index in [0.717, 1.165) is 38.9 Å². The summed E-state index contributed by atoms with van der Waals surface area (Å²) in [7, 11) is 1.92. The van der Waals surface area contributed by atoms with Crippen molar-refractivity contribution < 1.29 is 9.66 Å². The third kappa shape index (κ3) is 6.14. The van der Waals surface area contributed by atoms with Crippen LogP contribution in [0.1, 0.15) is 27.2 Å². The van der Waals surface area contributed by atoms with Gasteiger partial charge in [0.25, 0.3) is 6.20 Å².